The summed E-state index contributed by atoms with van der Waals surface area (Å²) in [6.07, 6.45) is 2.55. The number of hydrogen-bond acceptors (Lipinski definition) is 5. The molecular formula is C20H19FN2O4S. The van der Waals surface area contributed by atoms with Crippen LogP contribution in [0.3, 0.4) is 0 Å². The van der Waals surface area contributed by atoms with Gasteiger partial charge < -0.3 is 4.74 Å². The zero-order valence-corrected chi connectivity index (χ0v) is 16.0. The predicted molar refractivity (Wildman–Crippen MR) is 105 cm³/mol. The summed E-state index contributed by atoms with van der Waals surface area (Å²) in [5.74, 6) is -0.224. The van der Waals surface area contributed by atoms with Gasteiger partial charge in [0, 0.05) is 23.1 Å². The van der Waals surface area contributed by atoms with Gasteiger partial charge in [-0.3, -0.25) is 9.78 Å². The van der Waals surface area contributed by atoms with Crippen LogP contribution in [0.1, 0.15) is 27.9 Å². The van der Waals surface area contributed by atoms with Gasteiger partial charge in [0.05, 0.1) is 18.8 Å². The van der Waals surface area contributed by atoms with Crippen molar-refractivity contribution in [3.8, 4) is 5.75 Å². The van der Waals surface area contributed by atoms with E-state index in [1.807, 2.05) is 0 Å². The number of halogens is 1. The molecule has 0 saturated carbocycles. The largest absolute Gasteiger partial charge is 0.495 e. The van der Waals surface area contributed by atoms with E-state index in [0.717, 1.165) is 10.9 Å². The summed E-state index contributed by atoms with van der Waals surface area (Å²) in [5, 5.41) is 0.750. The fourth-order valence-corrected chi connectivity index (χ4v) is 3.26. The number of carbonyl (C=O) groups is 1. The quantitative estimate of drug-likeness (QED) is 0.344. The minimum atomic E-state index is -2.64. The standard InChI is InChI=1S/C20H19FN2O4S/c1-27-18-11-15-9-14(4-5-19(15)22-12-18)20(24)16-7-13(8-17(21)10-16)3-2-6-23-28(25)26/h4-5,7-12,28H,2-3,6H2,1H3,(H,23,25,26). The topological polar surface area (TPSA) is 85.4 Å². The van der Waals surface area contributed by atoms with Crippen LogP contribution in [-0.2, 0) is 17.3 Å². The van der Waals surface area contributed by atoms with Gasteiger partial charge >= 0.3 is 0 Å². The summed E-state index contributed by atoms with van der Waals surface area (Å²) in [5.41, 5.74) is 2.02. The number of aromatic nitrogens is 1. The number of rotatable bonds is 8. The number of aryl methyl sites for hydroxylation is 1. The molecule has 28 heavy (non-hydrogen) atoms. The third-order valence-corrected chi connectivity index (χ3v) is 4.74. The first-order valence-electron chi connectivity index (χ1n) is 8.62. The molecule has 0 aliphatic rings. The van der Waals surface area contributed by atoms with Crippen LogP contribution in [-0.4, -0.2) is 32.8 Å². The number of ketones is 1. The summed E-state index contributed by atoms with van der Waals surface area (Å²) in [6, 6.07) is 11.1. The normalized spacial score (nSPS) is 11.1. The molecule has 146 valence electrons. The van der Waals surface area contributed by atoms with Crippen LogP contribution in [0.15, 0.2) is 48.7 Å². The van der Waals surface area contributed by atoms with Crippen molar-refractivity contribution in [1.82, 2.24) is 9.71 Å². The van der Waals surface area contributed by atoms with Crippen LogP contribution in [0.25, 0.3) is 10.9 Å². The molecule has 0 bridgehead atoms. The Balaban J connectivity index is 1.84. The predicted octanol–water partition coefficient (Wildman–Crippen LogP) is 2.66. The second-order valence-electron chi connectivity index (χ2n) is 6.23. The maximum Gasteiger partial charge on any atom is 0.201 e. The number of ether oxygens (including phenoxy) is 1. The Morgan fingerprint density at radius 2 is 1.96 bits per heavy atom. The van der Waals surface area contributed by atoms with Gasteiger partial charge in [0.25, 0.3) is 0 Å². The average Bonchev–Trinajstić information content (AvgIpc) is 2.69. The van der Waals surface area contributed by atoms with E-state index in [1.165, 1.54) is 19.2 Å². The van der Waals surface area contributed by atoms with E-state index in [4.69, 9.17) is 4.74 Å². The molecule has 0 unspecified atom stereocenters. The van der Waals surface area contributed by atoms with E-state index in [1.54, 1.807) is 36.5 Å². The van der Waals surface area contributed by atoms with Crippen molar-refractivity contribution in [3.63, 3.8) is 0 Å². The van der Waals surface area contributed by atoms with Crippen LogP contribution >= 0.6 is 0 Å². The Labute approximate surface area is 163 Å². The van der Waals surface area contributed by atoms with E-state index in [2.05, 4.69) is 9.71 Å². The number of nitrogens with one attached hydrogen (secondary N) is 1. The highest BCUT2D eigenvalue weighted by Crippen LogP contribution is 2.22. The second-order valence-corrected chi connectivity index (χ2v) is 7.06. The summed E-state index contributed by atoms with van der Waals surface area (Å²) in [6.45, 7) is 0.262. The molecular weight excluding hydrogens is 383 g/mol. The third-order valence-electron chi connectivity index (χ3n) is 4.26. The van der Waals surface area contributed by atoms with Crippen molar-refractivity contribution in [3.05, 3.63) is 71.2 Å². The van der Waals surface area contributed by atoms with Gasteiger partial charge in [-0.1, -0.05) is 0 Å². The zero-order valence-electron chi connectivity index (χ0n) is 15.1. The van der Waals surface area contributed by atoms with Gasteiger partial charge in [-0.05, 0) is 60.9 Å². The molecule has 1 N–H and O–H groups in total. The van der Waals surface area contributed by atoms with Crippen molar-refractivity contribution in [2.75, 3.05) is 13.7 Å². The van der Waals surface area contributed by atoms with Crippen LogP contribution < -0.4 is 9.46 Å². The van der Waals surface area contributed by atoms with Crippen molar-refractivity contribution in [2.45, 2.75) is 12.8 Å². The summed E-state index contributed by atoms with van der Waals surface area (Å²) < 4.78 is 42.5. The first-order chi connectivity index (χ1) is 13.5. The monoisotopic (exact) mass is 402 g/mol. The van der Waals surface area contributed by atoms with E-state index in [0.29, 0.717) is 29.7 Å². The fourth-order valence-electron chi connectivity index (χ4n) is 2.92. The Hall–Kier alpha value is -2.84. The van der Waals surface area contributed by atoms with Crippen molar-refractivity contribution in [2.24, 2.45) is 0 Å². The van der Waals surface area contributed by atoms with Crippen LogP contribution in [0.5, 0.6) is 5.75 Å². The molecule has 2 aromatic carbocycles. The zero-order chi connectivity index (χ0) is 20.1. The first-order valence-corrected chi connectivity index (χ1v) is 9.80. The Morgan fingerprint density at radius 3 is 2.71 bits per heavy atom. The fraction of sp³-hybridized carbons (Fsp3) is 0.200. The van der Waals surface area contributed by atoms with Gasteiger partial charge in [0.1, 0.15) is 11.6 Å². The lowest BCUT2D eigenvalue weighted by Crippen LogP contribution is -2.13. The Bertz CT molecular complexity index is 1090. The summed E-state index contributed by atoms with van der Waals surface area (Å²) in [4.78, 5) is 17.1. The lowest BCUT2D eigenvalue weighted by atomic mass is 9.98. The van der Waals surface area contributed by atoms with Gasteiger partial charge in [-0.25, -0.2) is 17.5 Å². The molecule has 0 aliphatic heterocycles. The molecule has 3 rings (SSSR count). The van der Waals surface area contributed by atoms with E-state index < -0.39 is 16.7 Å². The van der Waals surface area contributed by atoms with Gasteiger partial charge in [0.15, 0.2) is 5.78 Å². The molecule has 0 spiro atoms. The number of pyridine rings is 1. The minimum absolute atomic E-state index is 0.244. The molecule has 1 heterocycles. The van der Waals surface area contributed by atoms with Crippen molar-refractivity contribution >= 4 is 27.6 Å². The molecule has 1 aromatic heterocycles. The highest BCUT2D eigenvalue weighted by Gasteiger charge is 2.13. The van der Waals surface area contributed by atoms with Crippen LogP contribution in [0.2, 0.25) is 0 Å². The van der Waals surface area contributed by atoms with E-state index in [9.17, 15) is 17.6 Å². The van der Waals surface area contributed by atoms with E-state index in [-0.39, 0.29) is 17.9 Å². The molecule has 0 radical (unpaired) electrons. The van der Waals surface area contributed by atoms with Crippen LogP contribution in [0, 0.1) is 5.82 Å². The SMILES string of the molecule is COc1cnc2ccc(C(=O)c3cc(F)cc(CCCN[SH](=O)=O)c3)cc2c1. The van der Waals surface area contributed by atoms with Gasteiger partial charge in [-0.2, -0.15) is 0 Å². The molecule has 8 heteroatoms. The van der Waals surface area contributed by atoms with Gasteiger partial charge in [-0.15, -0.1) is 0 Å². The highest BCUT2D eigenvalue weighted by molar-refractivity contribution is 7.70. The smallest absolute Gasteiger partial charge is 0.201 e. The molecule has 6 nitrogen and oxygen atoms in total. The Morgan fingerprint density at radius 1 is 1.14 bits per heavy atom. The maximum absolute atomic E-state index is 14.0. The number of hydrogen-bond donors (Lipinski definition) is 2. The number of nitrogens with zero attached hydrogens (tertiary/aromatic N) is 1. The molecule has 0 aliphatic carbocycles. The van der Waals surface area contributed by atoms with Crippen LogP contribution in [0.4, 0.5) is 4.39 Å². The summed E-state index contributed by atoms with van der Waals surface area (Å²) in [7, 11) is -1.11. The number of carbonyl (C=O) groups excluding carboxylic acids is 1. The molecule has 3 aromatic rings. The average molecular weight is 402 g/mol. The van der Waals surface area contributed by atoms with Crippen molar-refractivity contribution < 1.29 is 22.3 Å². The number of fused-ring (bicyclic) bond motifs is 1. The summed E-state index contributed by atoms with van der Waals surface area (Å²) >= 11 is 0. The first kappa shape index (κ1) is 19.9. The molecule has 0 amide bonds. The maximum atomic E-state index is 14.0. The van der Waals surface area contributed by atoms with Crippen molar-refractivity contribution in [1.29, 1.82) is 0 Å². The van der Waals surface area contributed by atoms with Gasteiger partial charge in [0.2, 0.25) is 10.9 Å². The molecule has 0 fully saturated rings. The number of benzene rings is 2. The van der Waals surface area contributed by atoms with E-state index >= 15 is 0 Å². The molecule has 0 atom stereocenters. The highest BCUT2D eigenvalue weighted by atomic mass is 32.2. The third kappa shape index (κ3) is 4.90. The number of thiol groups is 1. The minimum Gasteiger partial charge on any atom is -0.495 e. The lowest BCUT2D eigenvalue weighted by molar-refractivity contribution is 0.103. The number of methoxy groups -OCH3 is 1. The molecule has 0 saturated heterocycles. The lowest BCUT2D eigenvalue weighted by Gasteiger charge is -2.08. The Kier molecular flexibility index (Phi) is 6.33. The second kappa shape index (κ2) is 8.90.